The number of carboxylic acid groups (broad SMARTS) is 1. The van der Waals surface area contributed by atoms with Crippen LogP contribution in [0.1, 0.15) is 27.7 Å². The highest BCUT2D eigenvalue weighted by atomic mass is 16.7. The van der Waals surface area contributed by atoms with Gasteiger partial charge in [-0.25, -0.2) is 4.79 Å². The highest BCUT2D eigenvalue weighted by Crippen LogP contribution is 2.32. The minimum Gasteiger partial charge on any atom is -0.479 e. The molecule has 0 spiro atoms. The highest BCUT2D eigenvalue weighted by Gasteiger charge is 2.55. The number of rotatable bonds is 9. The van der Waals surface area contributed by atoms with Gasteiger partial charge < -0.3 is 75.4 Å². The third-order valence-corrected chi connectivity index (χ3v) is 7.23. The second-order valence-electron chi connectivity index (χ2n) is 10.6. The van der Waals surface area contributed by atoms with Gasteiger partial charge in [0.25, 0.3) is 0 Å². The predicted molar refractivity (Wildman–Crippen MR) is 135 cm³/mol. The van der Waals surface area contributed by atoms with E-state index in [1.165, 1.54) is 13.8 Å². The minimum absolute atomic E-state index is 0.532. The van der Waals surface area contributed by atoms with Crippen molar-refractivity contribution in [1.29, 1.82) is 0 Å². The van der Waals surface area contributed by atoms with E-state index >= 15 is 0 Å². The monoisotopic (exact) mass is 625 g/mol. The van der Waals surface area contributed by atoms with Gasteiger partial charge in [0, 0.05) is 20.8 Å². The summed E-state index contributed by atoms with van der Waals surface area (Å²) in [5.41, 5.74) is 0. The van der Waals surface area contributed by atoms with Gasteiger partial charge in [0.15, 0.2) is 25.0 Å². The first-order valence-corrected chi connectivity index (χ1v) is 13.4. The molecular formula is C24H39N3O16. The molecule has 0 radical (unpaired) electrons. The molecule has 0 aromatic heterocycles. The first-order valence-electron chi connectivity index (χ1n) is 13.4. The second kappa shape index (κ2) is 14.5. The standard InChI is InChI=1S/C24H39N3O16/c1-6-11(25-7(2)29)19(17(35)22(38)39-6)42-23-13(27-9(4)31)15(33)18(10(5-28)40-23)41-24-12(26-8(3)30)14(32)16(34)20(43-24)21(36)37/h6,10-20,22-24,28,32-35,38H,5H2,1-4H3,(H,25,29)(H,26,30)(H,27,31)(H,36,37)/t6-,10-,11+,12+,13-,14-,15-,16+,17-,18-,19+,20+,22?,23-,24-/m1/s1. The van der Waals surface area contributed by atoms with Crippen LogP contribution in [0.3, 0.4) is 0 Å². The SMILES string of the molecule is CC(=O)N[C@@H]1[C@H](O[C@H]2[C@H](O)[C@@H](NC(C)=O)[C@@H](O[C@H]3[C@@H](NC(C)=O)[C@@H](C)OC(O)[C@@H]3O)O[C@@H]2CO)O[C@H](C(=O)O)[C@@H](O)[C@@H]1O. The molecule has 246 valence electrons. The van der Waals surface area contributed by atoms with Crippen molar-refractivity contribution in [1.82, 2.24) is 16.0 Å². The van der Waals surface area contributed by atoms with Crippen LogP contribution >= 0.6 is 0 Å². The van der Waals surface area contributed by atoms with E-state index in [4.69, 9.17) is 23.7 Å². The van der Waals surface area contributed by atoms with Gasteiger partial charge in [0.2, 0.25) is 17.7 Å². The molecule has 19 heteroatoms. The number of aliphatic carboxylic acids is 1. The summed E-state index contributed by atoms with van der Waals surface area (Å²) in [6.45, 7) is 3.97. The molecule has 3 aliphatic rings. The summed E-state index contributed by atoms with van der Waals surface area (Å²) < 4.78 is 28.0. The molecular weight excluding hydrogens is 586 g/mol. The van der Waals surface area contributed by atoms with E-state index in [-0.39, 0.29) is 0 Å². The topological polar surface area (TPSA) is 292 Å². The fraction of sp³-hybridized carbons (Fsp3) is 0.833. The zero-order chi connectivity index (χ0) is 32.3. The fourth-order valence-corrected chi connectivity index (χ4v) is 5.25. The number of nitrogens with one attached hydrogen (secondary N) is 3. The number of amides is 3. The summed E-state index contributed by atoms with van der Waals surface area (Å²) in [5, 5.41) is 79.7. The zero-order valence-electron chi connectivity index (χ0n) is 23.7. The Morgan fingerprint density at radius 2 is 1.16 bits per heavy atom. The average molecular weight is 626 g/mol. The summed E-state index contributed by atoms with van der Waals surface area (Å²) in [4.78, 5) is 47.4. The van der Waals surface area contributed by atoms with E-state index in [0.29, 0.717) is 0 Å². The lowest BCUT2D eigenvalue weighted by Gasteiger charge is -2.49. The predicted octanol–water partition coefficient (Wildman–Crippen LogP) is -6.02. The molecule has 0 aromatic rings. The molecule has 43 heavy (non-hydrogen) atoms. The number of carbonyl (C=O) groups excluding carboxylic acids is 3. The molecule has 3 rings (SSSR count). The molecule has 15 atom stereocenters. The summed E-state index contributed by atoms with van der Waals surface area (Å²) in [5.74, 6) is -3.62. The summed E-state index contributed by atoms with van der Waals surface area (Å²) >= 11 is 0. The molecule has 10 N–H and O–H groups in total. The molecule has 3 heterocycles. The van der Waals surface area contributed by atoms with Gasteiger partial charge in [0.1, 0.15) is 54.8 Å². The van der Waals surface area contributed by atoms with Gasteiger partial charge in [-0.05, 0) is 6.92 Å². The van der Waals surface area contributed by atoms with E-state index in [9.17, 15) is 54.9 Å². The molecule has 1 unspecified atom stereocenters. The molecule has 3 saturated heterocycles. The second-order valence-corrected chi connectivity index (χ2v) is 10.6. The first kappa shape index (κ1) is 34.9. The van der Waals surface area contributed by atoms with E-state index in [1.807, 2.05) is 0 Å². The number of hydrogen-bond acceptors (Lipinski definition) is 15. The van der Waals surface area contributed by atoms with Crippen LogP contribution in [0.15, 0.2) is 0 Å². The van der Waals surface area contributed by atoms with Crippen LogP contribution in [0, 0.1) is 0 Å². The summed E-state index contributed by atoms with van der Waals surface area (Å²) in [6, 6.07) is -4.12. The van der Waals surface area contributed by atoms with E-state index in [0.717, 1.165) is 13.8 Å². The number of aliphatic hydroxyl groups excluding tert-OH is 6. The Bertz CT molecular complexity index is 1020. The van der Waals surface area contributed by atoms with E-state index in [2.05, 4.69) is 16.0 Å². The normalized spacial score (nSPS) is 43.3. The lowest BCUT2D eigenvalue weighted by molar-refractivity contribution is -0.347. The first-order chi connectivity index (χ1) is 20.1. The highest BCUT2D eigenvalue weighted by molar-refractivity contribution is 5.75. The molecule has 3 aliphatic heterocycles. The number of carboxylic acids is 1. The van der Waals surface area contributed by atoms with Gasteiger partial charge in [-0.3, -0.25) is 14.4 Å². The van der Waals surface area contributed by atoms with Gasteiger partial charge in [-0.1, -0.05) is 0 Å². The Hall–Kier alpha value is -2.56. The maximum Gasteiger partial charge on any atom is 0.335 e. The minimum atomic E-state index is -2.02. The molecule has 0 aromatic carbocycles. The third-order valence-electron chi connectivity index (χ3n) is 7.23. The lowest BCUT2D eigenvalue weighted by Crippen LogP contribution is -2.71. The Morgan fingerprint density at radius 3 is 1.67 bits per heavy atom. The van der Waals surface area contributed by atoms with Crippen molar-refractivity contribution >= 4 is 23.7 Å². The largest absolute Gasteiger partial charge is 0.479 e. The van der Waals surface area contributed by atoms with Crippen LogP contribution in [0.25, 0.3) is 0 Å². The Balaban J connectivity index is 1.93. The van der Waals surface area contributed by atoms with Crippen LogP contribution in [0.2, 0.25) is 0 Å². The van der Waals surface area contributed by atoms with Crippen LogP contribution < -0.4 is 16.0 Å². The fourth-order valence-electron chi connectivity index (χ4n) is 5.25. The van der Waals surface area contributed by atoms with Gasteiger partial charge in [0.05, 0.1) is 18.8 Å². The zero-order valence-corrected chi connectivity index (χ0v) is 23.7. The number of aliphatic hydroxyl groups is 6. The summed E-state index contributed by atoms with van der Waals surface area (Å²) in [6.07, 6.45) is -20.2. The Labute approximate surface area is 245 Å². The van der Waals surface area contributed by atoms with Crippen LogP contribution in [-0.4, -0.2) is 158 Å². The molecule has 0 bridgehead atoms. The van der Waals surface area contributed by atoms with Crippen LogP contribution in [-0.2, 0) is 42.9 Å². The van der Waals surface area contributed by atoms with Gasteiger partial charge >= 0.3 is 5.97 Å². The van der Waals surface area contributed by atoms with E-state index in [1.54, 1.807) is 0 Å². The maximum absolute atomic E-state index is 12.1. The quantitative estimate of drug-likeness (QED) is 0.114. The molecule has 0 saturated carbocycles. The summed E-state index contributed by atoms with van der Waals surface area (Å²) in [7, 11) is 0. The molecule has 0 aliphatic carbocycles. The third kappa shape index (κ3) is 7.94. The van der Waals surface area contributed by atoms with E-state index < -0.39 is 122 Å². The van der Waals surface area contributed by atoms with Crippen molar-refractivity contribution < 1.29 is 78.6 Å². The van der Waals surface area contributed by atoms with Crippen molar-refractivity contribution in [2.45, 2.75) is 120 Å². The molecule has 3 fully saturated rings. The van der Waals surface area contributed by atoms with Crippen molar-refractivity contribution in [3.63, 3.8) is 0 Å². The Morgan fingerprint density at radius 1 is 0.674 bits per heavy atom. The number of carbonyl (C=O) groups is 4. The van der Waals surface area contributed by atoms with Crippen LogP contribution in [0.4, 0.5) is 0 Å². The van der Waals surface area contributed by atoms with Crippen molar-refractivity contribution in [2.24, 2.45) is 0 Å². The van der Waals surface area contributed by atoms with Crippen molar-refractivity contribution in [2.75, 3.05) is 6.61 Å². The number of ether oxygens (including phenoxy) is 5. The van der Waals surface area contributed by atoms with Gasteiger partial charge in [-0.2, -0.15) is 0 Å². The van der Waals surface area contributed by atoms with Crippen molar-refractivity contribution in [3.8, 4) is 0 Å². The Kier molecular flexibility index (Phi) is 11.8. The average Bonchev–Trinajstić information content (AvgIpc) is 2.90. The number of hydrogen-bond donors (Lipinski definition) is 10. The molecule has 3 amide bonds. The van der Waals surface area contributed by atoms with Crippen LogP contribution in [0.5, 0.6) is 0 Å². The van der Waals surface area contributed by atoms with Gasteiger partial charge in [-0.15, -0.1) is 0 Å². The smallest absolute Gasteiger partial charge is 0.335 e. The lowest BCUT2D eigenvalue weighted by atomic mass is 9.93. The molecule has 19 nitrogen and oxygen atoms in total. The van der Waals surface area contributed by atoms with Crippen molar-refractivity contribution in [3.05, 3.63) is 0 Å². The maximum atomic E-state index is 12.1.